The van der Waals surface area contributed by atoms with E-state index in [9.17, 15) is 14.9 Å². The molecule has 0 bridgehead atoms. The van der Waals surface area contributed by atoms with Crippen molar-refractivity contribution in [2.75, 3.05) is 0 Å². The average Bonchev–Trinajstić information content (AvgIpc) is 3.53. The standard InChI is InChI=1S/C24H26N4O2S2/c1-14(2)24(4,13-25)27-20(29)15(3)32-23-26-21-19(18(12-31-21)16-10-11-16)22(30)28(23)17-8-6-5-7-9-17/h5-9,12,14-16H,10-11H2,1-4H3,(H,27,29). The van der Waals surface area contributed by atoms with Gasteiger partial charge >= 0.3 is 0 Å². The third-order valence-electron chi connectivity index (χ3n) is 6.06. The van der Waals surface area contributed by atoms with E-state index < -0.39 is 10.8 Å². The Morgan fingerprint density at radius 1 is 1.31 bits per heavy atom. The number of nitrogens with one attached hydrogen (secondary N) is 1. The monoisotopic (exact) mass is 466 g/mol. The van der Waals surface area contributed by atoms with Gasteiger partial charge in [0.05, 0.1) is 22.4 Å². The minimum absolute atomic E-state index is 0.0439. The van der Waals surface area contributed by atoms with E-state index in [2.05, 4.69) is 16.8 Å². The van der Waals surface area contributed by atoms with Crippen molar-refractivity contribution in [3.05, 3.63) is 51.6 Å². The first-order valence-electron chi connectivity index (χ1n) is 10.7. The molecule has 1 saturated carbocycles. The molecule has 6 nitrogen and oxygen atoms in total. The van der Waals surface area contributed by atoms with E-state index in [1.165, 1.54) is 23.1 Å². The molecule has 3 aromatic rings. The number of rotatable bonds is 7. The lowest BCUT2D eigenvalue weighted by Gasteiger charge is -2.28. The molecule has 2 unspecified atom stereocenters. The predicted molar refractivity (Wildman–Crippen MR) is 130 cm³/mol. The van der Waals surface area contributed by atoms with Crippen molar-refractivity contribution in [3.63, 3.8) is 0 Å². The quantitative estimate of drug-likeness (QED) is 0.397. The van der Waals surface area contributed by atoms with E-state index in [-0.39, 0.29) is 17.4 Å². The van der Waals surface area contributed by atoms with Crippen molar-refractivity contribution in [1.82, 2.24) is 14.9 Å². The van der Waals surface area contributed by atoms with Gasteiger partial charge in [0.2, 0.25) is 5.91 Å². The summed E-state index contributed by atoms with van der Waals surface area (Å²) in [6, 6.07) is 11.6. The molecule has 0 spiro atoms. The molecule has 2 atom stereocenters. The van der Waals surface area contributed by atoms with Crippen LogP contribution in [0.15, 0.2) is 45.7 Å². The third kappa shape index (κ3) is 4.19. The molecule has 8 heteroatoms. The first kappa shape index (κ1) is 22.6. The molecule has 1 N–H and O–H groups in total. The van der Waals surface area contributed by atoms with Gasteiger partial charge in [-0.25, -0.2) is 4.98 Å². The molecule has 1 fully saturated rings. The number of aromatic nitrogens is 2. The van der Waals surface area contributed by atoms with Crippen LogP contribution in [0, 0.1) is 17.2 Å². The second-order valence-electron chi connectivity index (χ2n) is 8.73. The molecular formula is C24H26N4O2S2. The summed E-state index contributed by atoms with van der Waals surface area (Å²) in [6.07, 6.45) is 2.22. The highest BCUT2D eigenvalue weighted by atomic mass is 32.2. The molecule has 1 aromatic carbocycles. The minimum atomic E-state index is -0.963. The third-order valence-corrected chi connectivity index (χ3v) is 8.00. The van der Waals surface area contributed by atoms with E-state index in [4.69, 9.17) is 4.98 Å². The molecular weight excluding hydrogens is 440 g/mol. The zero-order valence-corrected chi connectivity index (χ0v) is 20.2. The second-order valence-corrected chi connectivity index (χ2v) is 10.9. The van der Waals surface area contributed by atoms with Gasteiger partial charge in [0.15, 0.2) is 5.16 Å². The van der Waals surface area contributed by atoms with Crippen LogP contribution in [-0.4, -0.2) is 26.2 Å². The van der Waals surface area contributed by atoms with Crippen LogP contribution in [0.2, 0.25) is 0 Å². The van der Waals surface area contributed by atoms with Gasteiger partial charge in [-0.2, -0.15) is 5.26 Å². The van der Waals surface area contributed by atoms with Gasteiger partial charge in [-0.05, 0) is 61.6 Å². The minimum Gasteiger partial charge on any atom is -0.337 e. The predicted octanol–water partition coefficient (Wildman–Crippen LogP) is 4.86. The van der Waals surface area contributed by atoms with Crippen molar-refractivity contribution in [2.24, 2.45) is 5.92 Å². The highest BCUT2D eigenvalue weighted by molar-refractivity contribution is 8.00. The number of nitrogens with zero attached hydrogens (tertiary/aromatic N) is 3. The Hall–Kier alpha value is -2.63. The molecule has 4 rings (SSSR count). The van der Waals surface area contributed by atoms with E-state index in [0.29, 0.717) is 21.3 Å². The van der Waals surface area contributed by atoms with E-state index >= 15 is 0 Å². The number of fused-ring (bicyclic) bond motifs is 1. The second kappa shape index (κ2) is 8.72. The lowest BCUT2D eigenvalue weighted by molar-refractivity contribution is -0.121. The van der Waals surface area contributed by atoms with Gasteiger partial charge in [-0.3, -0.25) is 14.2 Å². The lowest BCUT2D eigenvalue weighted by atomic mass is 9.90. The maximum atomic E-state index is 13.7. The summed E-state index contributed by atoms with van der Waals surface area (Å²) in [5, 5.41) is 15.1. The molecule has 2 aromatic heterocycles. The van der Waals surface area contributed by atoms with E-state index in [1.807, 2.05) is 44.2 Å². The molecule has 166 valence electrons. The van der Waals surface area contributed by atoms with Gasteiger partial charge < -0.3 is 5.32 Å². The Kier molecular flexibility index (Phi) is 6.15. The Morgan fingerprint density at radius 3 is 2.59 bits per heavy atom. The van der Waals surface area contributed by atoms with Gasteiger partial charge in [-0.15, -0.1) is 11.3 Å². The van der Waals surface area contributed by atoms with Crippen LogP contribution < -0.4 is 10.9 Å². The van der Waals surface area contributed by atoms with Gasteiger partial charge in [-0.1, -0.05) is 43.8 Å². The van der Waals surface area contributed by atoms with Crippen molar-refractivity contribution < 1.29 is 4.79 Å². The van der Waals surface area contributed by atoms with Crippen LogP contribution in [0.1, 0.15) is 52.0 Å². The number of para-hydroxylation sites is 1. The first-order chi connectivity index (χ1) is 15.2. The van der Waals surface area contributed by atoms with Crippen molar-refractivity contribution in [3.8, 4) is 11.8 Å². The van der Waals surface area contributed by atoms with Gasteiger partial charge in [0.25, 0.3) is 5.56 Å². The zero-order valence-electron chi connectivity index (χ0n) is 18.6. The molecule has 2 heterocycles. The number of carbonyl (C=O) groups excluding carboxylic acids is 1. The lowest BCUT2D eigenvalue weighted by Crippen LogP contribution is -2.51. The van der Waals surface area contributed by atoms with E-state index in [1.54, 1.807) is 18.4 Å². The Balaban J connectivity index is 1.74. The summed E-state index contributed by atoms with van der Waals surface area (Å²) in [5.41, 5.74) is 0.758. The van der Waals surface area contributed by atoms with Crippen LogP contribution in [-0.2, 0) is 4.79 Å². The SMILES string of the molecule is CC(Sc1nc2scc(C3CC3)c2c(=O)n1-c1ccccc1)C(=O)NC(C)(C#N)C(C)C. The summed E-state index contributed by atoms with van der Waals surface area (Å²) >= 11 is 2.72. The van der Waals surface area contributed by atoms with Gasteiger partial charge in [0, 0.05) is 0 Å². The molecule has 1 amide bonds. The van der Waals surface area contributed by atoms with E-state index in [0.717, 1.165) is 24.1 Å². The fourth-order valence-electron chi connectivity index (χ4n) is 3.44. The molecule has 1 aliphatic carbocycles. The number of amides is 1. The average molecular weight is 467 g/mol. The van der Waals surface area contributed by atoms with Crippen LogP contribution in [0.3, 0.4) is 0 Å². The van der Waals surface area contributed by atoms with Gasteiger partial charge in [0.1, 0.15) is 10.4 Å². The van der Waals surface area contributed by atoms with Crippen LogP contribution >= 0.6 is 23.1 Å². The van der Waals surface area contributed by atoms with Crippen molar-refractivity contribution >= 4 is 39.2 Å². The molecule has 32 heavy (non-hydrogen) atoms. The van der Waals surface area contributed by atoms with Crippen molar-refractivity contribution in [1.29, 1.82) is 5.26 Å². The summed E-state index contributed by atoms with van der Waals surface area (Å²) < 4.78 is 1.61. The molecule has 0 radical (unpaired) electrons. The maximum Gasteiger partial charge on any atom is 0.267 e. The molecule has 0 aliphatic heterocycles. The normalized spacial score (nSPS) is 16.5. The number of carbonyl (C=O) groups is 1. The van der Waals surface area contributed by atoms with Crippen molar-refractivity contribution in [2.45, 2.75) is 62.4 Å². The molecule has 0 saturated heterocycles. The summed E-state index contributed by atoms with van der Waals surface area (Å²) in [6.45, 7) is 7.30. The summed E-state index contributed by atoms with van der Waals surface area (Å²) in [7, 11) is 0. The number of hydrogen-bond donors (Lipinski definition) is 1. The number of thiophene rings is 1. The summed E-state index contributed by atoms with van der Waals surface area (Å²) in [5.74, 6) is 0.148. The number of benzene rings is 1. The Labute approximate surface area is 195 Å². The van der Waals surface area contributed by atoms with Crippen LogP contribution in [0.25, 0.3) is 15.9 Å². The highest BCUT2D eigenvalue weighted by Crippen LogP contribution is 2.44. The molecule has 1 aliphatic rings. The number of hydrogen-bond acceptors (Lipinski definition) is 6. The smallest absolute Gasteiger partial charge is 0.267 e. The fraction of sp³-hybridized carbons (Fsp3) is 0.417. The number of thioether (sulfide) groups is 1. The number of nitriles is 1. The topological polar surface area (TPSA) is 87.8 Å². The maximum absolute atomic E-state index is 13.7. The first-order valence-corrected chi connectivity index (χ1v) is 12.5. The Morgan fingerprint density at radius 2 is 2.00 bits per heavy atom. The zero-order chi connectivity index (χ0) is 23.0. The van der Waals surface area contributed by atoms with Crippen LogP contribution in [0.4, 0.5) is 0 Å². The largest absolute Gasteiger partial charge is 0.337 e. The Bertz CT molecular complexity index is 1250. The summed E-state index contributed by atoms with van der Waals surface area (Å²) in [4.78, 5) is 32.1. The fourth-order valence-corrected chi connectivity index (χ4v) is 5.43. The van der Waals surface area contributed by atoms with Crippen LogP contribution in [0.5, 0.6) is 0 Å². The highest BCUT2D eigenvalue weighted by Gasteiger charge is 2.33.